The van der Waals surface area contributed by atoms with Crippen LogP contribution >= 0.6 is 34.2 Å². The number of aryl methyl sites for hydroxylation is 1. The Hall–Kier alpha value is -1.15. The Morgan fingerprint density at radius 1 is 1.24 bits per heavy atom. The molecule has 1 heterocycles. The summed E-state index contributed by atoms with van der Waals surface area (Å²) in [5.74, 6) is 1.23. The molecule has 0 fully saturated rings. The Bertz CT molecular complexity index is 709. The van der Waals surface area contributed by atoms with E-state index in [1.165, 1.54) is 13.2 Å². The zero-order chi connectivity index (χ0) is 15.7. The zero-order valence-corrected chi connectivity index (χ0v) is 14.9. The molecule has 4 nitrogen and oxygen atoms in total. The molecule has 112 valence electrons. The molecule has 0 aliphatic carbocycles. The van der Waals surface area contributed by atoms with Gasteiger partial charge in [-0.15, -0.1) is 0 Å². The van der Waals surface area contributed by atoms with Crippen LogP contribution in [-0.2, 0) is 0 Å². The van der Waals surface area contributed by atoms with E-state index in [0.717, 1.165) is 5.56 Å². The fraction of sp³-hybridized carbons (Fsp3) is 0.286. The quantitative estimate of drug-likeness (QED) is 0.583. The van der Waals surface area contributed by atoms with E-state index in [1.54, 1.807) is 13.8 Å². The summed E-state index contributed by atoms with van der Waals surface area (Å²) in [6.45, 7) is 5.31. The molecule has 1 N–H and O–H groups in total. The molecule has 0 spiro atoms. The SMILES string of the molecule is COc1cc(F)c(C)c(Nc2nc(C)nc(Cl)c2I)c1C. The van der Waals surface area contributed by atoms with Gasteiger partial charge in [0.25, 0.3) is 0 Å². The van der Waals surface area contributed by atoms with Crippen LogP contribution in [0.1, 0.15) is 17.0 Å². The van der Waals surface area contributed by atoms with Crippen LogP contribution in [0.15, 0.2) is 6.07 Å². The minimum absolute atomic E-state index is 0.341. The number of hydrogen-bond donors (Lipinski definition) is 1. The largest absolute Gasteiger partial charge is 0.496 e. The molecule has 0 saturated carbocycles. The molecule has 0 saturated heterocycles. The van der Waals surface area contributed by atoms with Gasteiger partial charge in [0.05, 0.1) is 16.4 Å². The summed E-state index contributed by atoms with van der Waals surface area (Å²) < 4.78 is 19.9. The Labute approximate surface area is 141 Å². The molecule has 2 rings (SSSR count). The first-order chi connectivity index (χ1) is 9.85. The van der Waals surface area contributed by atoms with Crippen molar-refractivity contribution in [2.24, 2.45) is 0 Å². The lowest BCUT2D eigenvalue weighted by Crippen LogP contribution is -2.05. The summed E-state index contributed by atoms with van der Waals surface area (Å²) in [5.41, 5.74) is 1.93. The van der Waals surface area contributed by atoms with Crippen LogP contribution in [0.25, 0.3) is 0 Å². The Morgan fingerprint density at radius 3 is 2.52 bits per heavy atom. The third kappa shape index (κ3) is 3.21. The van der Waals surface area contributed by atoms with Gasteiger partial charge in [-0.25, -0.2) is 14.4 Å². The van der Waals surface area contributed by atoms with Gasteiger partial charge in [-0.2, -0.15) is 0 Å². The van der Waals surface area contributed by atoms with E-state index in [2.05, 4.69) is 37.9 Å². The van der Waals surface area contributed by atoms with Crippen LogP contribution in [0.5, 0.6) is 5.75 Å². The van der Waals surface area contributed by atoms with Crippen molar-refractivity contribution in [2.45, 2.75) is 20.8 Å². The number of benzene rings is 1. The van der Waals surface area contributed by atoms with E-state index >= 15 is 0 Å². The van der Waals surface area contributed by atoms with E-state index in [0.29, 0.717) is 37.4 Å². The van der Waals surface area contributed by atoms with Crippen molar-refractivity contribution < 1.29 is 9.13 Å². The van der Waals surface area contributed by atoms with Crippen LogP contribution in [0.4, 0.5) is 15.9 Å². The van der Waals surface area contributed by atoms with Crippen molar-refractivity contribution in [1.82, 2.24) is 9.97 Å². The maximum absolute atomic E-state index is 14.0. The highest BCUT2D eigenvalue weighted by Crippen LogP contribution is 2.34. The average molecular weight is 422 g/mol. The van der Waals surface area contributed by atoms with Gasteiger partial charge in [-0.1, -0.05) is 11.6 Å². The van der Waals surface area contributed by atoms with Crippen molar-refractivity contribution in [3.05, 3.63) is 37.6 Å². The highest BCUT2D eigenvalue weighted by Gasteiger charge is 2.16. The van der Waals surface area contributed by atoms with Gasteiger partial charge >= 0.3 is 0 Å². The number of ether oxygens (including phenoxy) is 1. The number of anilines is 2. The fourth-order valence-corrected chi connectivity index (χ4v) is 2.57. The van der Waals surface area contributed by atoms with Gasteiger partial charge in [-0.3, -0.25) is 0 Å². The second kappa shape index (κ2) is 6.31. The normalized spacial score (nSPS) is 10.6. The van der Waals surface area contributed by atoms with E-state index in [-0.39, 0.29) is 5.82 Å². The van der Waals surface area contributed by atoms with Gasteiger partial charge < -0.3 is 10.1 Å². The minimum atomic E-state index is -0.341. The summed E-state index contributed by atoms with van der Waals surface area (Å²) in [5, 5.41) is 3.51. The smallest absolute Gasteiger partial charge is 0.149 e. The molecular formula is C14H14ClFIN3O. The molecule has 0 bridgehead atoms. The van der Waals surface area contributed by atoms with Crippen LogP contribution in [0.2, 0.25) is 5.15 Å². The first-order valence-corrected chi connectivity index (χ1v) is 7.61. The van der Waals surface area contributed by atoms with Crippen LogP contribution < -0.4 is 10.1 Å². The van der Waals surface area contributed by atoms with Gasteiger partial charge in [0, 0.05) is 17.2 Å². The second-order valence-electron chi connectivity index (χ2n) is 4.53. The number of nitrogens with one attached hydrogen (secondary N) is 1. The van der Waals surface area contributed by atoms with E-state index in [4.69, 9.17) is 16.3 Å². The predicted molar refractivity (Wildman–Crippen MR) is 90.2 cm³/mol. The van der Waals surface area contributed by atoms with E-state index in [1.807, 2.05) is 6.92 Å². The molecule has 2 aromatic rings. The number of halogens is 3. The average Bonchev–Trinajstić information content (AvgIpc) is 2.43. The van der Waals surface area contributed by atoms with Crippen molar-refractivity contribution in [3.63, 3.8) is 0 Å². The predicted octanol–water partition coefficient (Wildman–Crippen LogP) is 4.55. The number of rotatable bonds is 3. The van der Waals surface area contributed by atoms with Gasteiger partial charge in [-0.05, 0) is 43.4 Å². The molecular weight excluding hydrogens is 408 g/mol. The molecule has 7 heteroatoms. The lowest BCUT2D eigenvalue weighted by atomic mass is 10.1. The van der Waals surface area contributed by atoms with Gasteiger partial charge in [0.1, 0.15) is 28.4 Å². The van der Waals surface area contributed by atoms with Crippen LogP contribution in [-0.4, -0.2) is 17.1 Å². The first kappa shape index (κ1) is 16.2. The van der Waals surface area contributed by atoms with Gasteiger partial charge in [0.2, 0.25) is 0 Å². The maximum atomic E-state index is 14.0. The minimum Gasteiger partial charge on any atom is -0.496 e. The Balaban J connectivity index is 2.57. The molecule has 0 radical (unpaired) electrons. The molecule has 1 aromatic heterocycles. The van der Waals surface area contributed by atoms with Crippen LogP contribution in [0.3, 0.4) is 0 Å². The van der Waals surface area contributed by atoms with Crippen molar-refractivity contribution in [2.75, 3.05) is 12.4 Å². The monoisotopic (exact) mass is 421 g/mol. The van der Waals surface area contributed by atoms with Gasteiger partial charge in [0.15, 0.2) is 0 Å². The lowest BCUT2D eigenvalue weighted by molar-refractivity contribution is 0.408. The summed E-state index contributed by atoms with van der Waals surface area (Å²) in [6, 6.07) is 1.37. The standard InChI is InChI=1S/C14H14ClFIN3O/c1-6-9(16)5-10(21-4)7(2)12(6)20-14-11(17)13(15)18-8(3)19-14/h5H,1-4H3,(H,18,19,20). The summed E-state index contributed by atoms with van der Waals surface area (Å²) in [4.78, 5) is 8.40. The molecule has 0 amide bonds. The highest BCUT2D eigenvalue weighted by atomic mass is 127. The first-order valence-electron chi connectivity index (χ1n) is 6.15. The van der Waals surface area contributed by atoms with Crippen molar-refractivity contribution in [1.29, 1.82) is 0 Å². The lowest BCUT2D eigenvalue weighted by Gasteiger charge is -2.17. The summed E-state index contributed by atoms with van der Waals surface area (Å²) >= 11 is 8.11. The molecule has 21 heavy (non-hydrogen) atoms. The van der Waals surface area contributed by atoms with Crippen LogP contribution in [0, 0.1) is 30.2 Å². The topological polar surface area (TPSA) is 47.0 Å². The zero-order valence-electron chi connectivity index (χ0n) is 12.0. The van der Waals surface area contributed by atoms with E-state index < -0.39 is 0 Å². The number of hydrogen-bond acceptors (Lipinski definition) is 4. The third-order valence-electron chi connectivity index (χ3n) is 3.12. The van der Waals surface area contributed by atoms with Crippen molar-refractivity contribution >= 4 is 45.7 Å². The number of aromatic nitrogens is 2. The molecule has 0 aliphatic rings. The summed E-state index contributed by atoms with van der Waals surface area (Å²) in [7, 11) is 1.51. The van der Waals surface area contributed by atoms with E-state index in [9.17, 15) is 4.39 Å². The fourth-order valence-electron chi connectivity index (χ4n) is 1.98. The molecule has 0 atom stereocenters. The summed E-state index contributed by atoms with van der Waals surface area (Å²) in [6.07, 6.45) is 0. The Kier molecular flexibility index (Phi) is 4.88. The third-order valence-corrected chi connectivity index (χ3v) is 4.74. The molecule has 1 aromatic carbocycles. The second-order valence-corrected chi connectivity index (χ2v) is 5.97. The van der Waals surface area contributed by atoms with Crippen molar-refractivity contribution in [3.8, 4) is 5.75 Å². The number of methoxy groups -OCH3 is 1. The molecule has 0 aliphatic heterocycles. The Morgan fingerprint density at radius 2 is 1.90 bits per heavy atom. The number of nitrogens with zero attached hydrogens (tertiary/aromatic N) is 2. The molecule has 0 unspecified atom stereocenters. The highest BCUT2D eigenvalue weighted by molar-refractivity contribution is 14.1. The maximum Gasteiger partial charge on any atom is 0.149 e.